The van der Waals surface area contributed by atoms with Crippen molar-refractivity contribution in [2.45, 2.75) is 45.6 Å². The minimum Gasteiger partial charge on any atom is -0.351 e. The van der Waals surface area contributed by atoms with Gasteiger partial charge in [-0.3, -0.25) is 9.59 Å². The molecule has 1 atom stereocenters. The molecule has 5 nitrogen and oxygen atoms in total. The fourth-order valence-corrected chi connectivity index (χ4v) is 3.13. The average Bonchev–Trinajstić information content (AvgIpc) is 2.60. The van der Waals surface area contributed by atoms with E-state index in [4.69, 9.17) is 0 Å². The molecule has 0 aliphatic carbocycles. The Balaban J connectivity index is 1.85. The Kier molecular flexibility index (Phi) is 7.67. The van der Waals surface area contributed by atoms with Gasteiger partial charge in [0, 0.05) is 26.1 Å². The highest BCUT2D eigenvalue weighted by atomic mass is 16.2. The molecule has 2 rings (SSSR count). The van der Waals surface area contributed by atoms with Crippen molar-refractivity contribution in [1.29, 1.82) is 0 Å². The van der Waals surface area contributed by atoms with Gasteiger partial charge in [0.2, 0.25) is 5.91 Å². The van der Waals surface area contributed by atoms with Crippen LogP contribution < -0.4 is 10.6 Å². The van der Waals surface area contributed by atoms with Crippen LogP contribution in [0.1, 0.15) is 45.1 Å². The van der Waals surface area contributed by atoms with Crippen LogP contribution >= 0.6 is 0 Å². The van der Waals surface area contributed by atoms with Crippen LogP contribution in [0.5, 0.6) is 0 Å². The topological polar surface area (TPSA) is 61.4 Å². The third kappa shape index (κ3) is 6.70. The molecule has 1 aromatic rings. The van der Waals surface area contributed by atoms with Gasteiger partial charge in [0.25, 0.3) is 5.91 Å². The molecule has 1 heterocycles. The maximum atomic E-state index is 12.4. The van der Waals surface area contributed by atoms with Crippen molar-refractivity contribution in [3.63, 3.8) is 0 Å². The molecule has 2 amide bonds. The lowest BCUT2D eigenvalue weighted by atomic mass is 10.0. The summed E-state index contributed by atoms with van der Waals surface area (Å²) in [5, 5.41) is 5.54. The van der Waals surface area contributed by atoms with Crippen molar-refractivity contribution < 1.29 is 9.59 Å². The van der Waals surface area contributed by atoms with E-state index in [-0.39, 0.29) is 17.5 Å². The van der Waals surface area contributed by atoms with E-state index < -0.39 is 0 Å². The van der Waals surface area contributed by atoms with Crippen LogP contribution in [-0.2, 0) is 9.59 Å². The van der Waals surface area contributed by atoms with E-state index in [2.05, 4.69) is 22.5 Å². The highest BCUT2D eigenvalue weighted by Crippen LogP contribution is 2.16. The summed E-state index contributed by atoms with van der Waals surface area (Å²) in [6, 6.07) is 10.1. The first kappa shape index (κ1) is 19.2. The van der Waals surface area contributed by atoms with Crippen LogP contribution in [0, 0.1) is 0 Å². The molecule has 1 aromatic carbocycles. The fourth-order valence-electron chi connectivity index (χ4n) is 3.13. The predicted octanol–water partition coefficient (Wildman–Crippen LogP) is 2.54. The summed E-state index contributed by atoms with van der Waals surface area (Å²) in [5.41, 5.74) is 1.16. The molecule has 0 aromatic heterocycles. The zero-order valence-corrected chi connectivity index (χ0v) is 15.3. The van der Waals surface area contributed by atoms with E-state index in [1.807, 2.05) is 30.3 Å². The summed E-state index contributed by atoms with van der Waals surface area (Å²) in [6.07, 6.45) is 6.46. The van der Waals surface area contributed by atoms with Gasteiger partial charge in [-0.1, -0.05) is 36.8 Å². The van der Waals surface area contributed by atoms with Gasteiger partial charge < -0.3 is 15.5 Å². The number of amides is 2. The van der Waals surface area contributed by atoms with Crippen LogP contribution in [0.15, 0.2) is 36.0 Å². The Labute approximate surface area is 150 Å². The quantitative estimate of drug-likeness (QED) is 0.591. The Morgan fingerprint density at radius 2 is 2.00 bits per heavy atom. The first-order valence-electron chi connectivity index (χ1n) is 9.13. The van der Waals surface area contributed by atoms with Gasteiger partial charge >= 0.3 is 0 Å². The van der Waals surface area contributed by atoms with Gasteiger partial charge in [0.05, 0.1) is 0 Å². The van der Waals surface area contributed by atoms with Crippen LogP contribution in [0.4, 0.5) is 0 Å². The monoisotopic (exact) mass is 343 g/mol. The number of hydrogen-bond donors (Lipinski definition) is 2. The number of piperidine rings is 1. The molecule has 136 valence electrons. The van der Waals surface area contributed by atoms with Crippen molar-refractivity contribution >= 4 is 17.9 Å². The van der Waals surface area contributed by atoms with Gasteiger partial charge in [-0.25, -0.2) is 0 Å². The third-order valence-corrected chi connectivity index (χ3v) is 4.51. The Bertz CT molecular complexity index is 598. The Morgan fingerprint density at radius 1 is 1.24 bits per heavy atom. The van der Waals surface area contributed by atoms with Crippen molar-refractivity contribution in [3.05, 3.63) is 41.6 Å². The number of benzene rings is 1. The second-order valence-electron chi connectivity index (χ2n) is 6.64. The van der Waals surface area contributed by atoms with E-state index in [9.17, 15) is 9.59 Å². The number of rotatable bonds is 7. The summed E-state index contributed by atoms with van der Waals surface area (Å²) in [4.78, 5) is 26.3. The highest BCUT2D eigenvalue weighted by molar-refractivity contribution is 6.00. The molecule has 1 fully saturated rings. The summed E-state index contributed by atoms with van der Waals surface area (Å²) in [6.45, 7) is 6.44. The lowest BCUT2D eigenvalue weighted by Crippen LogP contribution is -2.40. The minimum absolute atomic E-state index is 0.245. The second-order valence-corrected chi connectivity index (χ2v) is 6.64. The molecule has 25 heavy (non-hydrogen) atoms. The number of hydrogen-bond acceptors (Lipinski definition) is 3. The molecule has 1 aliphatic heterocycles. The molecule has 0 saturated carbocycles. The van der Waals surface area contributed by atoms with E-state index in [1.54, 1.807) is 6.08 Å². The number of nitrogens with one attached hydrogen (secondary N) is 2. The largest absolute Gasteiger partial charge is 0.351 e. The molecule has 0 spiro atoms. The lowest BCUT2D eigenvalue weighted by molar-refractivity contribution is -0.122. The van der Waals surface area contributed by atoms with E-state index in [0.29, 0.717) is 12.6 Å². The number of nitrogens with zero attached hydrogens (tertiary/aromatic N) is 1. The predicted molar refractivity (Wildman–Crippen MR) is 101 cm³/mol. The van der Waals surface area contributed by atoms with Crippen molar-refractivity contribution in [1.82, 2.24) is 15.5 Å². The van der Waals surface area contributed by atoms with Gasteiger partial charge in [-0.15, -0.1) is 0 Å². The number of likely N-dealkylation sites (tertiary alicyclic amines) is 1. The summed E-state index contributed by atoms with van der Waals surface area (Å²) >= 11 is 0. The van der Waals surface area contributed by atoms with E-state index in [0.717, 1.165) is 25.1 Å². The molecule has 0 radical (unpaired) electrons. The molecule has 5 heteroatoms. The maximum absolute atomic E-state index is 12.4. The van der Waals surface area contributed by atoms with Gasteiger partial charge in [0.15, 0.2) is 0 Å². The molecule has 2 N–H and O–H groups in total. The van der Waals surface area contributed by atoms with Gasteiger partial charge in [-0.2, -0.15) is 0 Å². The SMILES string of the molecule is CC(=O)N/C(=C\c1ccccc1)C(=O)NCCCN1CCCC[C@@H]1C. The minimum atomic E-state index is -0.250. The third-order valence-electron chi connectivity index (χ3n) is 4.51. The highest BCUT2D eigenvalue weighted by Gasteiger charge is 2.17. The number of carbonyl (C=O) groups is 2. The number of carbonyl (C=O) groups excluding carboxylic acids is 2. The molecule has 0 unspecified atom stereocenters. The summed E-state index contributed by atoms with van der Waals surface area (Å²) in [7, 11) is 0. The normalized spacial score (nSPS) is 18.6. The second kappa shape index (κ2) is 9.99. The smallest absolute Gasteiger partial charge is 0.267 e. The zero-order chi connectivity index (χ0) is 18.1. The van der Waals surface area contributed by atoms with Crippen LogP contribution in [0.25, 0.3) is 6.08 Å². The van der Waals surface area contributed by atoms with Crippen LogP contribution in [-0.4, -0.2) is 42.4 Å². The first-order chi connectivity index (χ1) is 12.1. The molecular weight excluding hydrogens is 314 g/mol. The lowest BCUT2D eigenvalue weighted by Gasteiger charge is -2.33. The van der Waals surface area contributed by atoms with Crippen LogP contribution in [0.3, 0.4) is 0 Å². The molecule has 0 bridgehead atoms. The standard InChI is InChI=1S/C20H29N3O2/c1-16-9-6-7-13-23(16)14-8-12-21-20(25)19(22-17(2)24)15-18-10-4-3-5-11-18/h3-5,10-11,15-16H,6-9,12-14H2,1-2H3,(H,21,25)(H,22,24)/b19-15-/t16-/m0/s1. The molecule has 1 aliphatic rings. The summed E-state index contributed by atoms with van der Waals surface area (Å²) < 4.78 is 0. The Morgan fingerprint density at radius 3 is 2.68 bits per heavy atom. The fraction of sp³-hybridized carbons (Fsp3) is 0.500. The van der Waals surface area contributed by atoms with Gasteiger partial charge in [0.1, 0.15) is 5.70 Å². The van der Waals surface area contributed by atoms with Crippen molar-refractivity contribution in [2.75, 3.05) is 19.6 Å². The van der Waals surface area contributed by atoms with E-state index >= 15 is 0 Å². The average molecular weight is 343 g/mol. The van der Waals surface area contributed by atoms with Crippen molar-refractivity contribution in [3.8, 4) is 0 Å². The van der Waals surface area contributed by atoms with E-state index in [1.165, 1.54) is 26.2 Å². The maximum Gasteiger partial charge on any atom is 0.267 e. The van der Waals surface area contributed by atoms with Crippen molar-refractivity contribution in [2.24, 2.45) is 0 Å². The molecular formula is C20H29N3O2. The Hall–Kier alpha value is -2.14. The van der Waals surface area contributed by atoms with Gasteiger partial charge in [-0.05, 0) is 44.4 Å². The zero-order valence-electron chi connectivity index (χ0n) is 15.3. The van der Waals surface area contributed by atoms with Crippen LogP contribution in [0.2, 0.25) is 0 Å². The first-order valence-corrected chi connectivity index (χ1v) is 9.13. The summed E-state index contributed by atoms with van der Waals surface area (Å²) in [5.74, 6) is -0.495. The molecule has 1 saturated heterocycles.